The number of likely N-dealkylation sites (tertiary alicyclic amines) is 1. The molecule has 0 unspecified atom stereocenters. The fourth-order valence-corrected chi connectivity index (χ4v) is 2.47. The first kappa shape index (κ1) is 12.8. The molecule has 1 fully saturated rings. The third-order valence-corrected chi connectivity index (χ3v) is 3.51. The van der Waals surface area contributed by atoms with Crippen molar-refractivity contribution in [3.63, 3.8) is 0 Å². The lowest BCUT2D eigenvalue weighted by Gasteiger charge is -2.29. The number of rotatable bonds is 3. The second-order valence-electron chi connectivity index (χ2n) is 4.81. The van der Waals surface area contributed by atoms with Crippen molar-refractivity contribution >= 4 is 6.21 Å². The molecule has 0 spiro atoms. The van der Waals surface area contributed by atoms with E-state index in [4.69, 9.17) is 0 Å². The van der Waals surface area contributed by atoms with Crippen LogP contribution in [-0.4, -0.2) is 40.8 Å². The molecule has 0 atom stereocenters. The van der Waals surface area contributed by atoms with Crippen molar-refractivity contribution in [2.24, 2.45) is 4.99 Å². The summed E-state index contributed by atoms with van der Waals surface area (Å²) in [6, 6.07) is 0.268. The summed E-state index contributed by atoms with van der Waals surface area (Å²) in [7, 11) is 2.11. The molecule has 5 nitrogen and oxygen atoms in total. The monoisotopic (exact) mass is 248 g/mol. The van der Waals surface area contributed by atoms with Gasteiger partial charge in [0.15, 0.2) is 0 Å². The molecule has 0 saturated carbocycles. The fraction of sp³-hybridized carbons (Fsp3) is 0.538. The minimum atomic E-state index is -0.0347. The van der Waals surface area contributed by atoms with Gasteiger partial charge in [-0.3, -0.25) is 9.56 Å². The Morgan fingerprint density at radius 3 is 2.72 bits per heavy atom. The van der Waals surface area contributed by atoms with E-state index in [9.17, 15) is 4.79 Å². The van der Waals surface area contributed by atoms with Gasteiger partial charge in [0.25, 0.3) is 0 Å². The quantitative estimate of drug-likeness (QED) is 0.820. The van der Waals surface area contributed by atoms with Crippen molar-refractivity contribution in [2.45, 2.75) is 25.8 Å². The molecular formula is C13H20N4O. The van der Waals surface area contributed by atoms with Crippen molar-refractivity contribution in [2.75, 3.05) is 20.1 Å². The summed E-state index contributed by atoms with van der Waals surface area (Å²) >= 11 is 0. The Hall–Kier alpha value is -1.62. The third kappa shape index (κ3) is 2.46. The van der Waals surface area contributed by atoms with Crippen LogP contribution in [0, 0.1) is 6.92 Å². The molecule has 2 heterocycles. The lowest BCUT2D eigenvalue weighted by atomic mass is 10.1. The normalized spacial score (nSPS) is 18.6. The van der Waals surface area contributed by atoms with Gasteiger partial charge < -0.3 is 9.88 Å². The Morgan fingerprint density at radius 1 is 1.44 bits per heavy atom. The fourth-order valence-electron chi connectivity index (χ4n) is 2.47. The first-order valence-electron chi connectivity index (χ1n) is 6.27. The van der Waals surface area contributed by atoms with Crippen LogP contribution in [-0.2, 0) is 0 Å². The molecule has 18 heavy (non-hydrogen) atoms. The zero-order valence-electron chi connectivity index (χ0n) is 11.0. The third-order valence-electron chi connectivity index (χ3n) is 3.51. The van der Waals surface area contributed by atoms with Gasteiger partial charge in [0.05, 0.1) is 11.9 Å². The molecule has 98 valence electrons. The summed E-state index contributed by atoms with van der Waals surface area (Å²) < 4.78 is 1.84. The molecule has 1 N–H and O–H groups in total. The maximum atomic E-state index is 12.0. The van der Waals surface area contributed by atoms with Gasteiger partial charge in [0.1, 0.15) is 0 Å². The van der Waals surface area contributed by atoms with E-state index >= 15 is 0 Å². The van der Waals surface area contributed by atoms with E-state index in [1.165, 1.54) is 6.20 Å². The van der Waals surface area contributed by atoms with Crippen LogP contribution in [0.5, 0.6) is 0 Å². The minimum absolute atomic E-state index is 0.0347. The lowest BCUT2D eigenvalue weighted by molar-refractivity contribution is 0.218. The summed E-state index contributed by atoms with van der Waals surface area (Å²) in [5.41, 5.74) is 1.70. The summed E-state index contributed by atoms with van der Waals surface area (Å²) in [6.07, 6.45) is 5.19. The average Bonchev–Trinajstić information content (AvgIpc) is 2.62. The largest absolute Gasteiger partial charge is 0.326 e. The SMILES string of the molecule is C=CN=Cc1c(C)[nH]c(=O)n1C1CCN(C)CC1. The second-order valence-corrected chi connectivity index (χ2v) is 4.81. The van der Waals surface area contributed by atoms with Crippen molar-refractivity contribution < 1.29 is 0 Å². The smallest absolute Gasteiger partial charge is 0.309 e. The number of hydrogen-bond acceptors (Lipinski definition) is 3. The second kappa shape index (κ2) is 5.35. The molecule has 1 aromatic rings. The number of aromatic amines is 1. The molecule has 1 aliphatic heterocycles. The summed E-state index contributed by atoms with van der Waals surface area (Å²) in [5.74, 6) is 0. The van der Waals surface area contributed by atoms with Crippen molar-refractivity contribution in [3.05, 3.63) is 34.7 Å². The van der Waals surface area contributed by atoms with Crippen LogP contribution in [0.25, 0.3) is 0 Å². The first-order valence-corrected chi connectivity index (χ1v) is 6.27. The number of H-pyrrole nitrogens is 1. The molecule has 0 bridgehead atoms. The zero-order valence-corrected chi connectivity index (χ0v) is 11.0. The predicted octanol–water partition coefficient (Wildman–Crippen LogP) is 1.31. The molecule has 0 amide bonds. The molecule has 0 radical (unpaired) electrons. The summed E-state index contributed by atoms with van der Waals surface area (Å²) in [5, 5.41) is 0. The van der Waals surface area contributed by atoms with Gasteiger partial charge in [-0.1, -0.05) is 6.58 Å². The molecule has 0 aliphatic carbocycles. The highest BCUT2D eigenvalue weighted by Crippen LogP contribution is 2.22. The molecule has 1 aromatic heterocycles. The van der Waals surface area contributed by atoms with Crippen molar-refractivity contribution in [1.82, 2.24) is 14.5 Å². The van der Waals surface area contributed by atoms with E-state index in [0.29, 0.717) is 0 Å². The zero-order chi connectivity index (χ0) is 13.1. The van der Waals surface area contributed by atoms with E-state index < -0.39 is 0 Å². The van der Waals surface area contributed by atoms with E-state index in [1.807, 2.05) is 11.5 Å². The minimum Gasteiger partial charge on any atom is -0.309 e. The first-order chi connectivity index (χ1) is 8.63. The van der Waals surface area contributed by atoms with Gasteiger partial charge in [-0.25, -0.2) is 4.79 Å². The molecule has 1 saturated heterocycles. The highest BCUT2D eigenvalue weighted by atomic mass is 16.1. The average molecular weight is 248 g/mol. The number of aromatic nitrogens is 2. The van der Waals surface area contributed by atoms with Crippen LogP contribution in [0.3, 0.4) is 0 Å². The van der Waals surface area contributed by atoms with Crippen LogP contribution < -0.4 is 5.69 Å². The number of piperidine rings is 1. The van der Waals surface area contributed by atoms with Gasteiger partial charge in [-0.05, 0) is 39.9 Å². The summed E-state index contributed by atoms with van der Waals surface area (Å²) in [4.78, 5) is 21.2. The molecule has 1 aliphatic rings. The number of aryl methyl sites for hydroxylation is 1. The highest BCUT2D eigenvalue weighted by molar-refractivity contribution is 5.79. The Labute approximate surface area is 107 Å². The Bertz CT molecular complexity index is 504. The Kier molecular flexibility index (Phi) is 3.81. The highest BCUT2D eigenvalue weighted by Gasteiger charge is 2.22. The number of nitrogens with one attached hydrogen (secondary N) is 1. The van der Waals surface area contributed by atoms with Gasteiger partial charge >= 0.3 is 5.69 Å². The van der Waals surface area contributed by atoms with E-state index in [2.05, 4.69) is 28.5 Å². The molecule has 5 heteroatoms. The van der Waals surface area contributed by atoms with Crippen LogP contribution in [0.2, 0.25) is 0 Å². The lowest BCUT2D eigenvalue weighted by Crippen LogP contribution is -2.35. The number of imidazole rings is 1. The maximum absolute atomic E-state index is 12.0. The van der Waals surface area contributed by atoms with Crippen molar-refractivity contribution in [1.29, 1.82) is 0 Å². The molecular weight excluding hydrogens is 228 g/mol. The van der Waals surface area contributed by atoms with Crippen LogP contribution >= 0.6 is 0 Å². The number of nitrogens with zero attached hydrogens (tertiary/aromatic N) is 3. The van der Waals surface area contributed by atoms with E-state index in [1.54, 1.807) is 6.21 Å². The van der Waals surface area contributed by atoms with Gasteiger partial charge in [-0.2, -0.15) is 0 Å². The van der Waals surface area contributed by atoms with Crippen LogP contribution in [0.15, 0.2) is 22.6 Å². The van der Waals surface area contributed by atoms with E-state index in [-0.39, 0.29) is 11.7 Å². The number of aliphatic imine (C=N–C) groups is 1. The Morgan fingerprint density at radius 2 is 2.11 bits per heavy atom. The number of hydrogen-bond donors (Lipinski definition) is 1. The standard InChI is InChI=1S/C13H20N4O/c1-4-14-9-12-10(2)15-13(18)17(12)11-5-7-16(3)8-6-11/h4,9,11H,1,5-8H2,2-3H3,(H,15,18). The predicted molar refractivity (Wildman–Crippen MR) is 73.3 cm³/mol. The van der Waals surface area contributed by atoms with Gasteiger partial charge in [-0.15, -0.1) is 0 Å². The summed E-state index contributed by atoms with van der Waals surface area (Å²) in [6.45, 7) is 7.52. The molecule has 0 aromatic carbocycles. The van der Waals surface area contributed by atoms with E-state index in [0.717, 1.165) is 37.3 Å². The van der Waals surface area contributed by atoms with Crippen LogP contribution in [0.1, 0.15) is 30.3 Å². The van der Waals surface area contributed by atoms with Crippen LogP contribution in [0.4, 0.5) is 0 Å². The molecule has 2 rings (SSSR count). The maximum Gasteiger partial charge on any atom is 0.326 e. The van der Waals surface area contributed by atoms with Gasteiger partial charge in [0.2, 0.25) is 0 Å². The Balaban J connectivity index is 2.34. The topological polar surface area (TPSA) is 53.4 Å². The van der Waals surface area contributed by atoms with Gasteiger partial charge in [0, 0.05) is 17.9 Å². The van der Waals surface area contributed by atoms with Crippen molar-refractivity contribution in [3.8, 4) is 0 Å².